The van der Waals surface area contributed by atoms with Gasteiger partial charge in [-0.3, -0.25) is 4.79 Å². The van der Waals surface area contributed by atoms with Gasteiger partial charge in [0.05, 0.1) is 5.02 Å². The number of aromatic nitrogens is 1. The van der Waals surface area contributed by atoms with E-state index in [0.717, 1.165) is 24.9 Å². The number of amides is 1. The van der Waals surface area contributed by atoms with Crippen molar-refractivity contribution in [2.75, 3.05) is 5.32 Å². The number of ether oxygens (including phenoxy) is 1. The summed E-state index contributed by atoms with van der Waals surface area (Å²) in [4.78, 5) is 16.2. The molecule has 2 atom stereocenters. The standard InChI is InChI=1S/C18H20ClN3O2.2ClH/c19-13-4-9-18(21-11-13)24-15-7-5-14(6-8-15)22-17(23)10-12-2-1-3-16(12)20;;/h4-9,11-12,16H,1-3,10,20H2,(H,22,23);2*1H/t12-,16+;;/m0../s1. The van der Waals surface area contributed by atoms with Crippen molar-refractivity contribution < 1.29 is 9.53 Å². The minimum absolute atomic E-state index is 0. The first-order valence-electron chi connectivity index (χ1n) is 8.05. The Morgan fingerprint density at radius 2 is 1.92 bits per heavy atom. The molecule has 1 amide bonds. The first kappa shape index (κ1) is 22.5. The molecule has 0 radical (unpaired) electrons. The molecular formula is C18H22Cl3N3O2. The molecule has 0 spiro atoms. The number of carbonyl (C=O) groups is 1. The summed E-state index contributed by atoms with van der Waals surface area (Å²) in [6.45, 7) is 0. The minimum atomic E-state index is 0. The summed E-state index contributed by atoms with van der Waals surface area (Å²) in [7, 11) is 0. The van der Waals surface area contributed by atoms with Crippen molar-refractivity contribution in [1.82, 2.24) is 4.98 Å². The molecule has 3 rings (SSSR count). The molecule has 0 unspecified atom stereocenters. The topological polar surface area (TPSA) is 77.2 Å². The van der Waals surface area contributed by atoms with Crippen LogP contribution in [0.15, 0.2) is 42.6 Å². The number of anilines is 1. The van der Waals surface area contributed by atoms with E-state index in [2.05, 4.69) is 10.3 Å². The minimum Gasteiger partial charge on any atom is -0.439 e. The number of hydrogen-bond donors (Lipinski definition) is 2. The number of halogens is 3. The Morgan fingerprint density at radius 1 is 1.19 bits per heavy atom. The van der Waals surface area contributed by atoms with E-state index in [9.17, 15) is 4.79 Å². The number of carbonyl (C=O) groups excluding carboxylic acids is 1. The van der Waals surface area contributed by atoms with E-state index in [0.29, 0.717) is 29.0 Å². The zero-order valence-corrected chi connectivity index (χ0v) is 16.4. The molecule has 1 aromatic heterocycles. The molecule has 0 aliphatic heterocycles. The van der Waals surface area contributed by atoms with E-state index in [1.54, 1.807) is 36.4 Å². The Hall–Kier alpha value is -1.53. The summed E-state index contributed by atoms with van der Waals surface area (Å²) in [5.74, 6) is 1.40. The van der Waals surface area contributed by atoms with Crippen molar-refractivity contribution in [3.05, 3.63) is 47.6 Å². The Labute approximate surface area is 170 Å². The van der Waals surface area contributed by atoms with Crippen LogP contribution in [0.3, 0.4) is 0 Å². The molecular weight excluding hydrogens is 397 g/mol. The molecule has 1 aromatic carbocycles. The molecule has 5 nitrogen and oxygen atoms in total. The molecule has 26 heavy (non-hydrogen) atoms. The summed E-state index contributed by atoms with van der Waals surface area (Å²) in [5, 5.41) is 3.46. The average Bonchev–Trinajstić information content (AvgIpc) is 2.96. The van der Waals surface area contributed by atoms with Crippen LogP contribution in [0.5, 0.6) is 11.6 Å². The number of benzene rings is 1. The lowest BCUT2D eigenvalue weighted by molar-refractivity contribution is -0.117. The van der Waals surface area contributed by atoms with Gasteiger partial charge in [0.1, 0.15) is 5.75 Å². The van der Waals surface area contributed by atoms with Crippen LogP contribution < -0.4 is 15.8 Å². The first-order chi connectivity index (χ1) is 11.6. The zero-order valence-electron chi connectivity index (χ0n) is 14.1. The Kier molecular flexibility index (Phi) is 9.16. The monoisotopic (exact) mass is 417 g/mol. The molecule has 1 fully saturated rings. The number of nitrogens with zero attached hydrogens (tertiary/aromatic N) is 1. The van der Waals surface area contributed by atoms with Gasteiger partial charge in [-0.15, -0.1) is 24.8 Å². The lowest BCUT2D eigenvalue weighted by Gasteiger charge is -2.14. The molecule has 1 heterocycles. The van der Waals surface area contributed by atoms with Gasteiger partial charge in [0.25, 0.3) is 0 Å². The number of nitrogens with one attached hydrogen (secondary N) is 1. The predicted octanol–water partition coefficient (Wildman–Crippen LogP) is 4.83. The van der Waals surface area contributed by atoms with Gasteiger partial charge in [-0.2, -0.15) is 0 Å². The maximum Gasteiger partial charge on any atom is 0.224 e. The number of pyridine rings is 1. The van der Waals surface area contributed by atoms with Crippen molar-refractivity contribution in [2.45, 2.75) is 31.7 Å². The second kappa shape index (κ2) is 10.6. The van der Waals surface area contributed by atoms with Crippen LogP contribution in [0.25, 0.3) is 0 Å². The van der Waals surface area contributed by atoms with Gasteiger partial charge < -0.3 is 15.8 Å². The lowest BCUT2D eigenvalue weighted by Crippen LogP contribution is -2.28. The van der Waals surface area contributed by atoms with Crippen LogP contribution in [-0.2, 0) is 4.79 Å². The second-order valence-electron chi connectivity index (χ2n) is 6.05. The van der Waals surface area contributed by atoms with Crippen LogP contribution in [0.1, 0.15) is 25.7 Å². The highest BCUT2D eigenvalue weighted by Gasteiger charge is 2.25. The highest BCUT2D eigenvalue weighted by Crippen LogP contribution is 2.27. The third-order valence-corrected chi connectivity index (χ3v) is 4.45. The summed E-state index contributed by atoms with van der Waals surface area (Å²) in [6, 6.07) is 10.7. The van der Waals surface area contributed by atoms with Crippen LogP contribution in [0.2, 0.25) is 5.02 Å². The fourth-order valence-electron chi connectivity index (χ4n) is 2.92. The largest absolute Gasteiger partial charge is 0.439 e. The van der Waals surface area contributed by atoms with Gasteiger partial charge in [-0.05, 0) is 49.1 Å². The van der Waals surface area contributed by atoms with Gasteiger partial charge >= 0.3 is 0 Å². The highest BCUT2D eigenvalue weighted by molar-refractivity contribution is 6.30. The fraction of sp³-hybridized carbons (Fsp3) is 0.333. The third kappa shape index (κ3) is 6.32. The zero-order chi connectivity index (χ0) is 16.9. The highest BCUT2D eigenvalue weighted by atomic mass is 35.5. The lowest BCUT2D eigenvalue weighted by atomic mass is 10.00. The molecule has 1 aliphatic rings. The smallest absolute Gasteiger partial charge is 0.224 e. The van der Waals surface area contributed by atoms with Gasteiger partial charge in [0, 0.05) is 30.4 Å². The Bertz CT molecular complexity index is 696. The number of hydrogen-bond acceptors (Lipinski definition) is 4. The quantitative estimate of drug-likeness (QED) is 0.729. The van der Waals surface area contributed by atoms with Crippen molar-refractivity contribution in [3.63, 3.8) is 0 Å². The molecule has 142 valence electrons. The van der Waals surface area contributed by atoms with E-state index in [1.165, 1.54) is 6.20 Å². The van der Waals surface area contributed by atoms with Crippen LogP contribution >= 0.6 is 36.4 Å². The molecule has 3 N–H and O–H groups in total. The number of rotatable bonds is 5. The summed E-state index contributed by atoms with van der Waals surface area (Å²) in [5.41, 5.74) is 6.75. The van der Waals surface area contributed by atoms with Gasteiger partial charge in [-0.1, -0.05) is 18.0 Å². The van der Waals surface area contributed by atoms with Crippen molar-refractivity contribution in [1.29, 1.82) is 0 Å². The SMILES string of the molecule is Cl.Cl.N[C@@H]1CCC[C@H]1CC(=O)Nc1ccc(Oc2ccc(Cl)cn2)cc1. The number of nitrogens with two attached hydrogens (primary N) is 1. The van der Waals surface area contributed by atoms with E-state index >= 15 is 0 Å². The van der Waals surface area contributed by atoms with E-state index in [-0.39, 0.29) is 36.8 Å². The van der Waals surface area contributed by atoms with Crippen LogP contribution in [0, 0.1) is 5.92 Å². The predicted molar refractivity (Wildman–Crippen MR) is 109 cm³/mol. The normalized spacial score (nSPS) is 18.4. The van der Waals surface area contributed by atoms with Crippen molar-refractivity contribution >= 4 is 48.0 Å². The second-order valence-corrected chi connectivity index (χ2v) is 6.48. The molecule has 1 aliphatic carbocycles. The third-order valence-electron chi connectivity index (χ3n) is 4.23. The van der Waals surface area contributed by atoms with E-state index in [4.69, 9.17) is 22.1 Å². The van der Waals surface area contributed by atoms with Gasteiger partial charge in [0.15, 0.2) is 0 Å². The molecule has 0 saturated heterocycles. The molecule has 1 saturated carbocycles. The Balaban J connectivity index is 0.00000169. The Morgan fingerprint density at radius 3 is 2.50 bits per heavy atom. The fourth-order valence-corrected chi connectivity index (χ4v) is 3.03. The maximum atomic E-state index is 12.1. The average molecular weight is 419 g/mol. The molecule has 0 bridgehead atoms. The summed E-state index contributed by atoms with van der Waals surface area (Å²) < 4.78 is 5.62. The van der Waals surface area contributed by atoms with Crippen LogP contribution in [-0.4, -0.2) is 16.9 Å². The van der Waals surface area contributed by atoms with Gasteiger partial charge in [-0.25, -0.2) is 4.98 Å². The van der Waals surface area contributed by atoms with Crippen molar-refractivity contribution in [2.24, 2.45) is 11.7 Å². The molecule has 8 heteroatoms. The van der Waals surface area contributed by atoms with Crippen molar-refractivity contribution in [3.8, 4) is 11.6 Å². The van der Waals surface area contributed by atoms with Gasteiger partial charge in [0.2, 0.25) is 11.8 Å². The summed E-state index contributed by atoms with van der Waals surface area (Å²) in [6.07, 6.45) is 5.18. The summed E-state index contributed by atoms with van der Waals surface area (Å²) >= 11 is 5.79. The van der Waals surface area contributed by atoms with E-state index in [1.807, 2.05) is 0 Å². The van der Waals surface area contributed by atoms with Crippen LogP contribution in [0.4, 0.5) is 5.69 Å². The first-order valence-corrected chi connectivity index (χ1v) is 8.43. The van der Waals surface area contributed by atoms with E-state index < -0.39 is 0 Å². The molecule has 2 aromatic rings. The maximum absolute atomic E-state index is 12.1.